The third-order valence-electron chi connectivity index (χ3n) is 4.14. The van der Waals surface area contributed by atoms with E-state index >= 15 is 0 Å². The number of rotatable bonds is 2. The van der Waals surface area contributed by atoms with Gasteiger partial charge in [-0.3, -0.25) is 0 Å². The van der Waals surface area contributed by atoms with Crippen LogP contribution in [0, 0.1) is 11.8 Å². The minimum Gasteiger partial charge on any atom is -0.369 e. The van der Waals surface area contributed by atoms with Gasteiger partial charge in [-0.25, -0.2) is 0 Å². The van der Waals surface area contributed by atoms with Crippen molar-refractivity contribution in [1.82, 2.24) is 10.2 Å². The molecule has 0 aliphatic carbocycles. The van der Waals surface area contributed by atoms with Gasteiger partial charge in [0.2, 0.25) is 0 Å². The van der Waals surface area contributed by atoms with Gasteiger partial charge in [-0.2, -0.15) is 0 Å². The Morgan fingerprint density at radius 3 is 2.94 bits per heavy atom. The summed E-state index contributed by atoms with van der Waals surface area (Å²) in [4.78, 5) is 2.55. The molecule has 1 N–H and O–H groups in total. The van der Waals surface area contributed by atoms with E-state index in [0.717, 1.165) is 19.0 Å². The molecule has 2 nitrogen and oxygen atoms in total. The fraction of sp³-hybridized carbons (Fsp3) is 0.467. The summed E-state index contributed by atoms with van der Waals surface area (Å²) in [6, 6.07) is 0. The maximum Gasteiger partial charge on any atom is 0.0426 e. The quantitative estimate of drug-likeness (QED) is 0.778. The standard InChI is InChI=1S/C15H20N2/c1-3-11-5-13(4-2)15-14-6-12(7-16-8-14)10-17(15)9-11/h3-5,12,14,16H,1-2,6-10H2. The molecule has 0 aromatic carbocycles. The van der Waals surface area contributed by atoms with Crippen LogP contribution in [0.1, 0.15) is 6.42 Å². The fourth-order valence-electron chi connectivity index (χ4n) is 3.44. The summed E-state index contributed by atoms with van der Waals surface area (Å²) in [7, 11) is 0. The maximum absolute atomic E-state index is 3.97. The number of hydrogen-bond donors (Lipinski definition) is 1. The lowest BCUT2D eigenvalue weighted by Crippen LogP contribution is -2.51. The highest BCUT2D eigenvalue weighted by atomic mass is 15.2. The number of hydrogen-bond acceptors (Lipinski definition) is 2. The SMILES string of the molecule is C=CC1=CC(C=C)=C2C3CNCC(C3)CN2C1. The second-order valence-electron chi connectivity index (χ2n) is 5.31. The predicted octanol–water partition coefficient (Wildman–Crippen LogP) is 2.09. The smallest absolute Gasteiger partial charge is 0.0426 e. The van der Waals surface area contributed by atoms with Crippen molar-refractivity contribution in [3.05, 3.63) is 48.2 Å². The van der Waals surface area contributed by atoms with Gasteiger partial charge in [0.1, 0.15) is 0 Å². The van der Waals surface area contributed by atoms with Crippen molar-refractivity contribution >= 4 is 0 Å². The molecule has 0 aromatic rings. The average Bonchev–Trinajstić information content (AvgIpc) is 2.37. The molecule has 2 bridgehead atoms. The van der Waals surface area contributed by atoms with Gasteiger partial charge < -0.3 is 10.2 Å². The van der Waals surface area contributed by atoms with E-state index in [1.54, 1.807) is 0 Å². The second kappa shape index (κ2) is 4.19. The molecular weight excluding hydrogens is 208 g/mol. The van der Waals surface area contributed by atoms with E-state index in [0.29, 0.717) is 5.92 Å². The first-order valence-electron chi connectivity index (χ1n) is 6.47. The molecule has 0 aromatic heterocycles. The highest BCUT2D eigenvalue weighted by Gasteiger charge is 2.36. The molecule has 2 fully saturated rings. The lowest BCUT2D eigenvalue weighted by Gasteiger charge is -2.47. The number of piperidine rings is 2. The third kappa shape index (κ3) is 1.77. The molecule has 0 radical (unpaired) electrons. The predicted molar refractivity (Wildman–Crippen MR) is 71.5 cm³/mol. The molecule has 3 aliphatic heterocycles. The molecule has 2 atom stereocenters. The summed E-state index contributed by atoms with van der Waals surface area (Å²) in [5.41, 5.74) is 4.13. The highest BCUT2D eigenvalue weighted by Crippen LogP contribution is 2.37. The van der Waals surface area contributed by atoms with Crippen molar-refractivity contribution in [3.8, 4) is 0 Å². The highest BCUT2D eigenvalue weighted by molar-refractivity contribution is 5.45. The van der Waals surface area contributed by atoms with Crippen LogP contribution >= 0.6 is 0 Å². The Balaban J connectivity index is 2.02. The van der Waals surface area contributed by atoms with E-state index in [4.69, 9.17) is 0 Å². The van der Waals surface area contributed by atoms with Crippen LogP contribution in [0.15, 0.2) is 48.2 Å². The number of nitrogens with zero attached hydrogens (tertiary/aromatic N) is 1. The molecule has 3 rings (SSSR count). The zero-order valence-electron chi connectivity index (χ0n) is 10.3. The van der Waals surface area contributed by atoms with Crippen LogP contribution in [0.4, 0.5) is 0 Å². The van der Waals surface area contributed by atoms with Crippen LogP contribution in [0.2, 0.25) is 0 Å². The first-order chi connectivity index (χ1) is 8.31. The Hall–Kier alpha value is -1.28. The summed E-state index contributed by atoms with van der Waals surface area (Å²) in [6.07, 6.45) is 7.57. The molecule has 0 saturated carbocycles. The maximum atomic E-state index is 3.97. The van der Waals surface area contributed by atoms with Crippen LogP contribution in [-0.4, -0.2) is 31.1 Å². The summed E-state index contributed by atoms with van der Waals surface area (Å²) in [5.74, 6) is 1.49. The molecule has 0 amide bonds. The van der Waals surface area contributed by atoms with E-state index in [-0.39, 0.29) is 0 Å². The van der Waals surface area contributed by atoms with E-state index < -0.39 is 0 Å². The molecule has 90 valence electrons. The van der Waals surface area contributed by atoms with E-state index in [1.807, 2.05) is 12.2 Å². The van der Waals surface area contributed by atoms with Crippen molar-refractivity contribution in [2.24, 2.45) is 11.8 Å². The van der Waals surface area contributed by atoms with Gasteiger partial charge in [-0.05, 0) is 36.1 Å². The summed E-state index contributed by atoms with van der Waals surface area (Å²) in [6.45, 7) is 12.4. The Kier molecular flexibility index (Phi) is 2.67. The van der Waals surface area contributed by atoms with E-state index in [9.17, 15) is 0 Å². The first-order valence-corrected chi connectivity index (χ1v) is 6.47. The molecule has 2 saturated heterocycles. The Labute approximate surface area is 103 Å². The van der Waals surface area contributed by atoms with Crippen LogP contribution in [-0.2, 0) is 0 Å². The molecule has 0 spiro atoms. The molecule has 3 heterocycles. The van der Waals surface area contributed by atoms with Crippen molar-refractivity contribution in [2.75, 3.05) is 26.2 Å². The Bertz CT molecular complexity index is 417. The van der Waals surface area contributed by atoms with Crippen molar-refractivity contribution in [2.45, 2.75) is 6.42 Å². The molecular formula is C15H20N2. The zero-order valence-corrected chi connectivity index (χ0v) is 10.3. The third-order valence-corrected chi connectivity index (χ3v) is 4.14. The molecule has 17 heavy (non-hydrogen) atoms. The normalized spacial score (nSPS) is 31.8. The van der Waals surface area contributed by atoms with Gasteiger partial charge >= 0.3 is 0 Å². The van der Waals surface area contributed by atoms with Gasteiger partial charge in [0.05, 0.1) is 0 Å². The first kappa shape index (κ1) is 10.8. The minimum atomic E-state index is 0.679. The summed E-state index contributed by atoms with van der Waals surface area (Å²) >= 11 is 0. The lowest BCUT2D eigenvalue weighted by atomic mass is 9.80. The van der Waals surface area contributed by atoms with Gasteiger partial charge in [-0.15, -0.1) is 0 Å². The van der Waals surface area contributed by atoms with Gasteiger partial charge in [0, 0.05) is 31.2 Å². The topological polar surface area (TPSA) is 15.3 Å². The number of allylic oxidation sites excluding steroid dienone is 3. The van der Waals surface area contributed by atoms with E-state index in [2.05, 4.69) is 29.5 Å². The average molecular weight is 228 g/mol. The Morgan fingerprint density at radius 2 is 2.18 bits per heavy atom. The number of nitrogens with one attached hydrogen (secondary N) is 1. The van der Waals surface area contributed by atoms with Crippen LogP contribution in [0.5, 0.6) is 0 Å². The zero-order chi connectivity index (χ0) is 11.8. The minimum absolute atomic E-state index is 0.679. The summed E-state index contributed by atoms with van der Waals surface area (Å²) < 4.78 is 0. The van der Waals surface area contributed by atoms with Crippen molar-refractivity contribution in [3.63, 3.8) is 0 Å². The van der Waals surface area contributed by atoms with Gasteiger partial charge in [-0.1, -0.05) is 25.3 Å². The van der Waals surface area contributed by atoms with Crippen molar-refractivity contribution in [1.29, 1.82) is 0 Å². The molecule has 2 heteroatoms. The molecule has 3 aliphatic rings. The van der Waals surface area contributed by atoms with Crippen LogP contribution in [0.3, 0.4) is 0 Å². The lowest BCUT2D eigenvalue weighted by molar-refractivity contribution is 0.153. The molecule has 2 unspecified atom stereocenters. The van der Waals surface area contributed by atoms with Crippen LogP contribution in [0.25, 0.3) is 0 Å². The van der Waals surface area contributed by atoms with Crippen molar-refractivity contribution < 1.29 is 0 Å². The van der Waals surface area contributed by atoms with Gasteiger partial charge in [0.25, 0.3) is 0 Å². The number of fused-ring (bicyclic) bond motifs is 4. The van der Waals surface area contributed by atoms with Crippen LogP contribution < -0.4 is 5.32 Å². The monoisotopic (exact) mass is 228 g/mol. The summed E-state index contributed by atoms with van der Waals surface area (Å²) in [5, 5.41) is 3.55. The van der Waals surface area contributed by atoms with E-state index in [1.165, 1.54) is 36.4 Å². The second-order valence-corrected chi connectivity index (χ2v) is 5.31. The van der Waals surface area contributed by atoms with Gasteiger partial charge in [0.15, 0.2) is 0 Å². The largest absolute Gasteiger partial charge is 0.369 e. The fourth-order valence-corrected chi connectivity index (χ4v) is 3.44. The Morgan fingerprint density at radius 1 is 1.29 bits per heavy atom.